The van der Waals surface area contributed by atoms with Gasteiger partial charge in [0.15, 0.2) is 0 Å². The molecule has 3 N–H and O–H groups in total. The lowest BCUT2D eigenvalue weighted by Crippen LogP contribution is -2.39. The number of benzene rings is 1. The number of sulfonamides is 1. The maximum Gasteiger partial charge on any atom is 0.243 e. The third-order valence-electron chi connectivity index (χ3n) is 5.34. The third kappa shape index (κ3) is 3.72. The Hall–Kier alpha value is -2.52. The van der Waals surface area contributed by atoms with Crippen LogP contribution in [0, 0.1) is 0 Å². The summed E-state index contributed by atoms with van der Waals surface area (Å²) in [5, 5.41) is 2.84. The van der Waals surface area contributed by atoms with Gasteiger partial charge < -0.3 is 11.1 Å². The summed E-state index contributed by atoms with van der Waals surface area (Å²) in [5.74, 6) is 0.163. The van der Waals surface area contributed by atoms with Gasteiger partial charge in [-0.25, -0.2) is 18.4 Å². The van der Waals surface area contributed by atoms with Crippen LogP contribution >= 0.6 is 0 Å². The van der Waals surface area contributed by atoms with Crippen molar-refractivity contribution in [2.24, 2.45) is 0 Å². The Morgan fingerprint density at radius 2 is 2.04 bits per heavy atom. The minimum atomic E-state index is -3.63. The number of fused-ring (bicyclic) bond motifs is 1. The minimum Gasteiger partial charge on any atom is -0.368 e. The molecule has 2 aliphatic heterocycles. The molecule has 0 saturated carbocycles. The molecule has 9 heteroatoms. The Morgan fingerprint density at radius 3 is 2.86 bits per heavy atom. The van der Waals surface area contributed by atoms with Crippen LogP contribution in [0.4, 0.5) is 11.6 Å². The quantitative estimate of drug-likeness (QED) is 0.811. The van der Waals surface area contributed by atoms with E-state index in [2.05, 4.69) is 15.3 Å². The number of hydrogen-bond donors (Lipinski definition) is 2. The van der Waals surface area contributed by atoms with E-state index in [0.29, 0.717) is 38.0 Å². The molecule has 1 atom stereocenters. The number of amides is 1. The van der Waals surface area contributed by atoms with Gasteiger partial charge in [0.2, 0.25) is 21.9 Å². The van der Waals surface area contributed by atoms with Crippen LogP contribution in [0.15, 0.2) is 35.4 Å². The van der Waals surface area contributed by atoms with Gasteiger partial charge in [-0.2, -0.15) is 4.31 Å². The average Bonchev–Trinajstić information content (AvgIpc) is 2.88. The smallest absolute Gasteiger partial charge is 0.243 e. The number of aryl methyl sites for hydroxylation is 1. The number of anilines is 2. The molecule has 1 aromatic heterocycles. The van der Waals surface area contributed by atoms with Crippen molar-refractivity contribution in [2.75, 3.05) is 24.1 Å². The molecular weight excluding hydrogens is 378 g/mol. The topological polar surface area (TPSA) is 118 Å². The molecule has 1 aromatic carbocycles. The van der Waals surface area contributed by atoms with Crippen LogP contribution in [0.25, 0.3) is 0 Å². The zero-order valence-corrected chi connectivity index (χ0v) is 16.3. The summed E-state index contributed by atoms with van der Waals surface area (Å²) in [7, 11) is -3.63. The molecule has 0 spiro atoms. The second-order valence-corrected chi connectivity index (χ2v) is 9.20. The predicted octanol–water partition coefficient (Wildman–Crippen LogP) is 1.90. The van der Waals surface area contributed by atoms with Gasteiger partial charge in [0, 0.05) is 37.3 Å². The molecule has 0 aliphatic carbocycles. The zero-order chi connectivity index (χ0) is 19.7. The second-order valence-electron chi connectivity index (χ2n) is 7.26. The lowest BCUT2D eigenvalue weighted by Gasteiger charge is -2.31. The lowest BCUT2D eigenvalue weighted by atomic mass is 9.96. The highest BCUT2D eigenvalue weighted by Crippen LogP contribution is 2.31. The fourth-order valence-electron chi connectivity index (χ4n) is 3.88. The summed E-state index contributed by atoms with van der Waals surface area (Å²) in [6, 6.07) is 6.76. The molecule has 1 amide bonds. The van der Waals surface area contributed by atoms with Crippen LogP contribution in [-0.4, -0.2) is 41.7 Å². The first-order valence-electron chi connectivity index (χ1n) is 9.45. The SMILES string of the molecule is Nc1nccc([C@@H]2CCCN(S(=O)(=O)c3ccc4c(c3)CCCC(=O)N4)C2)n1. The van der Waals surface area contributed by atoms with Gasteiger partial charge >= 0.3 is 0 Å². The van der Waals surface area contributed by atoms with Gasteiger partial charge in [-0.15, -0.1) is 0 Å². The monoisotopic (exact) mass is 401 g/mol. The van der Waals surface area contributed by atoms with Crippen molar-refractivity contribution in [3.63, 3.8) is 0 Å². The van der Waals surface area contributed by atoms with Gasteiger partial charge in [0.05, 0.1) is 10.6 Å². The largest absolute Gasteiger partial charge is 0.368 e. The molecule has 0 radical (unpaired) electrons. The van der Waals surface area contributed by atoms with E-state index in [-0.39, 0.29) is 22.7 Å². The van der Waals surface area contributed by atoms with Gasteiger partial charge in [-0.05, 0) is 55.5 Å². The van der Waals surface area contributed by atoms with Gasteiger partial charge in [0.1, 0.15) is 0 Å². The molecule has 1 fully saturated rings. The maximum absolute atomic E-state index is 13.2. The number of piperidine rings is 1. The van der Waals surface area contributed by atoms with E-state index < -0.39 is 10.0 Å². The van der Waals surface area contributed by atoms with Crippen molar-refractivity contribution in [3.05, 3.63) is 41.7 Å². The summed E-state index contributed by atoms with van der Waals surface area (Å²) >= 11 is 0. The van der Waals surface area contributed by atoms with Crippen molar-refractivity contribution < 1.29 is 13.2 Å². The van der Waals surface area contributed by atoms with Crippen molar-refractivity contribution in [3.8, 4) is 0 Å². The second kappa shape index (κ2) is 7.48. The van der Waals surface area contributed by atoms with Crippen molar-refractivity contribution in [2.45, 2.75) is 42.9 Å². The number of nitrogens with one attached hydrogen (secondary N) is 1. The highest BCUT2D eigenvalue weighted by Gasteiger charge is 2.32. The van der Waals surface area contributed by atoms with E-state index in [0.717, 1.165) is 24.1 Å². The summed E-state index contributed by atoms with van der Waals surface area (Å²) in [5.41, 5.74) is 8.02. The molecule has 4 rings (SSSR count). The summed E-state index contributed by atoms with van der Waals surface area (Å²) in [6.45, 7) is 0.847. The first kappa shape index (κ1) is 18.8. The normalized spacial score (nSPS) is 20.9. The minimum absolute atomic E-state index is 0.00561. The molecule has 8 nitrogen and oxygen atoms in total. The summed E-state index contributed by atoms with van der Waals surface area (Å²) < 4.78 is 28.0. The highest BCUT2D eigenvalue weighted by molar-refractivity contribution is 7.89. The van der Waals surface area contributed by atoms with E-state index >= 15 is 0 Å². The Morgan fingerprint density at radius 1 is 1.18 bits per heavy atom. The molecular formula is C19H23N5O3S. The van der Waals surface area contributed by atoms with E-state index in [9.17, 15) is 13.2 Å². The Bertz CT molecular complexity index is 1010. The Balaban J connectivity index is 1.59. The summed E-state index contributed by atoms with van der Waals surface area (Å²) in [6.07, 6.45) is 5.07. The van der Waals surface area contributed by atoms with E-state index in [1.54, 1.807) is 30.5 Å². The molecule has 2 aromatic rings. The maximum atomic E-state index is 13.2. The first-order valence-corrected chi connectivity index (χ1v) is 10.9. The number of aromatic nitrogens is 2. The van der Waals surface area contributed by atoms with Gasteiger partial charge in [0.25, 0.3) is 0 Å². The van der Waals surface area contributed by atoms with Crippen LogP contribution in [0.5, 0.6) is 0 Å². The number of nitrogens with zero attached hydrogens (tertiary/aromatic N) is 3. The predicted molar refractivity (Wildman–Crippen MR) is 105 cm³/mol. The Kier molecular flexibility index (Phi) is 5.03. The number of hydrogen-bond acceptors (Lipinski definition) is 6. The number of rotatable bonds is 3. The van der Waals surface area contributed by atoms with Crippen LogP contribution in [0.2, 0.25) is 0 Å². The number of carbonyl (C=O) groups is 1. The first-order chi connectivity index (χ1) is 13.4. The van der Waals surface area contributed by atoms with E-state index in [4.69, 9.17) is 5.73 Å². The van der Waals surface area contributed by atoms with Crippen LogP contribution < -0.4 is 11.1 Å². The van der Waals surface area contributed by atoms with Crippen LogP contribution in [0.3, 0.4) is 0 Å². The average molecular weight is 401 g/mol. The molecule has 148 valence electrons. The molecule has 28 heavy (non-hydrogen) atoms. The standard InChI is InChI=1S/C19H23N5O3S/c20-19-21-9-8-17(23-19)14-4-2-10-24(12-14)28(26,27)15-6-7-16-13(11-15)3-1-5-18(25)22-16/h6-9,11,14H,1-5,10,12H2,(H,22,25)(H2,20,21,23)/t14-/m1/s1. The zero-order valence-electron chi connectivity index (χ0n) is 15.5. The molecule has 0 bridgehead atoms. The Labute approximate surface area is 164 Å². The van der Waals surface area contributed by atoms with Gasteiger partial charge in [-0.1, -0.05) is 0 Å². The molecule has 3 heterocycles. The van der Waals surface area contributed by atoms with Crippen LogP contribution in [0.1, 0.15) is 42.9 Å². The van der Waals surface area contributed by atoms with E-state index in [1.165, 1.54) is 4.31 Å². The number of nitrogen functional groups attached to an aromatic ring is 1. The highest BCUT2D eigenvalue weighted by atomic mass is 32.2. The fraction of sp³-hybridized carbons (Fsp3) is 0.421. The number of nitrogens with two attached hydrogens (primary N) is 1. The van der Waals surface area contributed by atoms with Crippen molar-refractivity contribution in [1.82, 2.24) is 14.3 Å². The van der Waals surface area contributed by atoms with Crippen molar-refractivity contribution in [1.29, 1.82) is 0 Å². The summed E-state index contributed by atoms with van der Waals surface area (Å²) in [4.78, 5) is 20.2. The molecule has 2 aliphatic rings. The van der Waals surface area contributed by atoms with E-state index in [1.807, 2.05) is 0 Å². The number of carbonyl (C=O) groups excluding carboxylic acids is 1. The van der Waals surface area contributed by atoms with Crippen LogP contribution in [-0.2, 0) is 21.2 Å². The third-order valence-corrected chi connectivity index (χ3v) is 7.20. The van der Waals surface area contributed by atoms with Gasteiger partial charge in [-0.3, -0.25) is 4.79 Å². The van der Waals surface area contributed by atoms with Crippen molar-refractivity contribution >= 4 is 27.6 Å². The fourth-order valence-corrected chi connectivity index (χ4v) is 5.45. The molecule has 0 unspecified atom stereocenters. The molecule has 1 saturated heterocycles. The lowest BCUT2D eigenvalue weighted by molar-refractivity contribution is -0.116.